The molecule has 32 heavy (non-hydrogen) atoms. The number of halogens is 2. The van der Waals surface area contributed by atoms with E-state index in [1.807, 2.05) is 6.92 Å². The summed E-state index contributed by atoms with van der Waals surface area (Å²) >= 11 is 6.25. The molecule has 0 aromatic heterocycles. The first kappa shape index (κ1) is 23.3. The van der Waals surface area contributed by atoms with Crippen LogP contribution in [0.1, 0.15) is 51.5 Å². The second kappa shape index (κ2) is 9.16. The minimum atomic E-state index is -0.882. The Morgan fingerprint density at radius 3 is 2.91 bits per heavy atom. The van der Waals surface area contributed by atoms with E-state index >= 15 is 0 Å². The highest BCUT2D eigenvalue weighted by atomic mass is 35.5. The van der Waals surface area contributed by atoms with Crippen LogP contribution in [0.5, 0.6) is 5.75 Å². The quantitative estimate of drug-likeness (QED) is 0.576. The summed E-state index contributed by atoms with van der Waals surface area (Å²) in [6, 6.07) is 5.02. The van der Waals surface area contributed by atoms with Gasteiger partial charge < -0.3 is 14.9 Å². The van der Waals surface area contributed by atoms with Crippen LogP contribution in [0.4, 0.5) is 4.39 Å². The maximum absolute atomic E-state index is 14.0. The lowest BCUT2D eigenvalue weighted by Crippen LogP contribution is -2.44. The number of aromatic hydroxyl groups is 1. The van der Waals surface area contributed by atoms with E-state index in [4.69, 9.17) is 16.3 Å². The van der Waals surface area contributed by atoms with Crippen molar-refractivity contribution in [1.82, 2.24) is 4.90 Å². The number of carbonyl (C=O) groups is 1. The van der Waals surface area contributed by atoms with Crippen molar-refractivity contribution >= 4 is 17.6 Å². The van der Waals surface area contributed by atoms with E-state index in [1.54, 1.807) is 12.1 Å². The summed E-state index contributed by atoms with van der Waals surface area (Å²) in [5.41, 5.74) is 2.24. The molecule has 4 unspecified atom stereocenters. The lowest BCUT2D eigenvalue weighted by atomic mass is 9.83. The summed E-state index contributed by atoms with van der Waals surface area (Å²) in [7, 11) is 0. The van der Waals surface area contributed by atoms with Crippen molar-refractivity contribution in [3.63, 3.8) is 0 Å². The fraction of sp³-hybridized carbons (Fsp3) is 0.560. The molecule has 1 aromatic rings. The van der Waals surface area contributed by atoms with E-state index < -0.39 is 17.5 Å². The van der Waals surface area contributed by atoms with Crippen LogP contribution in [0.25, 0.3) is 0 Å². The van der Waals surface area contributed by atoms with Crippen molar-refractivity contribution in [2.75, 3.05) is 13.2 Å². The van der Waals surface area contributed by atoms with Gasteiger partial charge in [0.2, 0.25) is 0 Å². The third-order valence-corrected chi connectivity index (χ3v) is 7.70. The number of ether oxygens (including phenoxy) is 1. The van der Waals surface area contributed by atoms with Crippen molar-refractivity contribution in [2.24, 2.45) is 5.92 Å². The molecule has 0 bridgehead atoms. The maximum atomic E-state index is 14.0. The number of likely N-dealkylation sites (tertiary alicyclic amines) is 1. The molecule has 2 N–H and O–H groups in total. The van der Waals surface area contributed by atoms with E-state index in [1.165, 1.54) is 17.7 Å². The second-order valence-electron chi connectivity index (χ2n) is 9.62. The largest absolute Gasteiger partial charge is 0.508 e. The number of hydrogen-bond donors (Lipinski definition) is 2. The smallest absolute Gasteiger partial charge is 0.308 e. The van der Waals surface area contributed by atoms with E-state index in [0.29, 0.717) is 43.0 Å². The van der Waals surface area contributed by atoms with Crippen molar-refractivity contribution in [2.45, 2.75) is 70.1 Å². The van der Waals surface area contributed by atoms with Gasteiger partial charge in [-0.2, -0.15) is 0 Å². The average molecular weight is 464 g/mol. The molecule has 4 atom stereocenters. The molecule has 3 aliphatic rings. The van der Waals surface area contributed by atoms with Crippen LogP contribution in [-0.4, -0.2) is 51.9 Å². The second-order valence-corrected chi connectivity index (χ2v) is 10.0. The Balaban J connectivity index is 1.51. The molecule has 0 amide bonds. The van der Waals surface area contributed by atoms with Gasteiger partial charge in [-0.15, -0.1) is 0 Å². The third kappa shape index (κ3) is 4.73. The van der Waals surface area contributed by atoms with Gasteiger partial charge in [0, 0.05) is 30.1 Å². The number of phenols is 1. The minimum Gasteiger partial charge on any atom is -0.508 e. The van der Waals surface area contributed by atoms with Gasteiger partial charge >= 0.3 is 5.97 Å². The zero-order chi connectivity index (χ0) is 23.0. The number of aliphatic carboxylic acids is 1. The highest BCUT2D eigenvalue weighted by Crippen LogP contribution is 2.44. The van der Waals surface area contributed by atoms with Gasteiger partial charge in [-0.25, -0.2) is 4.39 Å². The molecule has 2 heterocycles. The Bertz CT molecular complexity index is 961. The minimum absolute atomic E-state index is 0.0733. The first-order valence-corrected chi connectivity index (χ1v) is 11.7. The van der Waals surface area contributed by atoms with E-state index in [9.17, 15) is 19.4 Å². The molecule has 174 valence electrons. The topological polar surface area (TPSA) is 70.0 Å². The third-order valence-electron chi connectivity index (χ3n) is 7.34. The lowest BCUT2D eigenvalue weighted by Gasteiger charge is -2.36. The molecular formula is C25H31ClFNO4. The van der Waals surface area contributed by atoms with E-state index in [2.05, 4.69) is 11.8 Å². The molecule has 0 saturated carbocycles. The summed E-state index contributed by atoms with van der Waals surface area (Å²) in [4.78, 5) is 14.4. The highest BCUT2D eigenvalue weighted by molar-refractivity contribution is 6.31. The Morgan fingerprint density at radius 1 is 1.38 bits per heavy atom. The van der Waals surface area contributed by atoms with Crippen molar-refractivity contribution < 1.29 is 24.1 Å². The summed E-state index contributed by atoms with van der Waals surface area (Å²) < 4.78 is 20.2. The number of nitrogens with zero attached hydrogens (tertiary/aromatic N) is 1. The number of phenolic OH excluding ortho intramolecular Hbond substituents is 1. The van der Waals surface area contributed by atoms with Crippen LogP contribution in [0.15, 0.2) is 41.2 Å². The molecule has 0 radical (unpaired) electrons. The zero-order valence-corrected chi connectivity index (χ0v) is 19.4. The number of carboxylic acids is 1. The van der Waals surface area contributed by atoms with Gasteiger partial charge in [0.15, 0.2) is 0 Å². The van der Waals surface area contributed by atoms with Crippen molar-refractivity contribution in [3.8, 4) is 5.75 Å². The first-order valence-electron chi connectivity index (χ1n) is 11.3. The molecule has 1 aromatic carbocycles. The van der Waals surface area contributed by atoms with E-state index in [-0.39, 0.29) is 30.1 Å². The molecule has 1 saturated heterocycles. The van der Waals surface area contributed by atoms with Crippen LogP contribution >= 0.6 is 11.6 Å². The standard InChI is InChI=1S/C25H31ClFNO4/c1-15-3-6-20(12-25(2)22-11-19(27)5-4-16(22)14-32-25)28(15)13-18(24(30)31)9-17-10-21(29)7-8-23(17)26/h7-8,10-11,15,18,20,29H,3-6,9,12-14H2,1-2H3,(H,30,31). The summed E-state index contributed by atoms with van der Waals surface area (Å²) in [5.74, 6) is -1.56. The molecule has 1 fully saturated rings. The Morgan fingerprint density at radius 2 is 2.16 bits per heavy atom. The molecule has 0 spiro atoms. The predicted octanol–water partition coefficient (Wildman–Crippen LogP) is 5.26. The highest BCUT2D eigenvalue weighted by Gasteiger charge is 2.44. The van der Waals surface area contributed by atoms with Gasteiger partial charge in [0.05, 0.1) is 18.1 Å². The summed E-state index contributed by atoms with van der Waals surface area (Å²) in [6.45, 7) is 5.10. The molecule has 7 heteroatoms. The first-order chi connectivity index (χ1) is 15.2. The number of allylic oxidation sites excluding steroid dienone is 1. The molecule has 2 aliphatic heterocycles. The monoisotopic (exact) mass is 463 g/mol. The maximum Gasteiger partial charge on any atom is 0.308 e. The lowest BCUT2D eigenvalue weighted by molar-refractivity contribution is -0.142. The Labute approximate surface area is 193 Å². The number of carboxylic acid groups (broad SMARTS) is 1. The molecular weight excluding hydrogens is 433 g/mol. The molecule has 1 aliphatic carbocycles. The molecule has 5 nitrogen and oxygen atoms in total. The number of benzene rings is 1. The fourth-order valence-electron chi connectivity index (χ4n) is 5.50. The van der Waals surface area contributed by atoms with Gasteiger partial charge in [-0.1, -0.05) is 11.6 Å². The predicted molar refractivity (Wildman–Crippen MR) is 122 cm³/mol. The zero-order valence-electron chi connectivity index (χ0n) is 18.6. The number of rotatable bonds is 7. The van der Waals surface area contributed by atoms with Crippen molar-refractivity contribution in [3.05, 3.63) is 51.8 Å². The SMILES string of the molecule is CC1CCC(CC2(C)OCC3=C2C=C(F)CC3)N1CC(Cc1cc(O)ccc1Cl)C(=O)O. The van der Waals surface area contributed by atoms with Crippen LogP contribution in [0, 0.1) is 5.92 Å². The summed E-state index contributed by atoms with van der Waals surface area (Å²) in [5, 5.41) is 20.2. The van der Waals surface area contributed by atoms with Gasteiger partial charge in [0.25, 0.3) is 0 Å². The average Bonchev–Trinajstić information content (AvgIpc) is 3.24. The van der Waals surface area contributed by atoms with Crippen LogP contribution in [0.3, 0.4) is 0 Å². The van der Waals surface area contributed by atoms with Gasteiger partial charge in [0.1, 0.15) is 11.6 Å². The number of hydrogen-bond acceptors (Lipinski definition) is 4. The van der Waals surface area contributed by atoms with Crippen molar-refractivity contribution in [1.29, 1.82) is 0 Å². The fourth-order valence-corrected chi connectivity index (χ4v) is 5.69. The van der Waals surface area contributed by atoms with E-state index in [0.717, 1.165) is 18.4 Å². The van der Waals surface area contributed by atoms with Gasteiger partial charge in [-0.05, 0) is 86.9 Å². The summed E-state index contributed by atoms with van der Waals surface area (Å²) in [6.07, 6.45) is 5.70. The Hall–Kier alpha value is -1.89. The Kier molecular flexibility index (Phi) is 6.66. The van der Waals surface area contributed by atoms with Crippen LogP contribution in [0.2, 0.25) is 5.02 Å². The van der Waals surface area contributed by atoms with Crippen LogP contribution in [-0.2, 0) is 16.0 Å². The normalized spacial score (nSPS) is 29.2. The molecule has 4 rings (SSSR count). The van der Waals surface area contributed by atoms with Gasteiger partial charge in [-0.3, -0.25) is 9.69 Å². The van der Waals surface area contributed by atoms with Crippen LogP contribution < -0.4 is 0 Å².